The van der Waals surface area contributed by atoms with Crippen LogP contribution in [0.25, 0.3) is 0 Å². The van der Waals surface area contributed by atoms with Crippen LogP contribution in [0.2, 0.25) is 5.02 Å². The molecule has 24 heavy (non-hydrogen) atoms. The number of carbonyl (C=O) groups excluding carboxylic acids is 1. The number of rotatable bonds is 3. The summed E-state index contributed by atoms with van der Waals surface area (Å²) in [5.41, 5.74) is 1.08. The van der Waals surface area contributed by atoms with Crippen molar-refractivity contribution in [2.45, 2.75) is 18.9 Å². The Kier molecular flexibility index (Phi) is 4.97. The topological polar surface area (TPSA) is 66.2 Å². The predicted octanol–water partition coefficient (Wildman–Crippen LogP) is 3.29. The Hall–Kier alpha value is -2.58. The van der Waals surface area contributed by atoms with Crippen LogP contribution in [0.1, 0.15) is 28.8 Å². The van der Waals surface area contributed by atoms with Gasteiger partial charge in [0.1, 0.15) is 6.10 Å². The molecule has 0 radical (unpaired) electrons. The average molecular weight is 342 g/mol. The number of halogens is 1. The maximum atomic E-state index is 12.6. The fourth-order valence-corrected chi connectivity index (χ4v) is 2.93. The molecule has 0 bridgehead atoms. The first-order valence-corrected chi connectivity index (χ1v) is 8.11. The highest BCUT2D eigenvalue weighted by Gasteiger charge is 2.26. The fourth-order valence-electron chi connectivity index (χ4n) is 2.74. The number of pyridine rings is 1. The van der Waals surface area contributed by atoms with Gasteiger partial charge in [0.2, 0.25) is 5.88 Å². The third kappa shape index (κ3) is 3.84. The summed E-state index contributed by atoms with van der Waals surface area (Å²) >= 11 is 5.96. The van der Waals surface area contributed by atoms with Gasteiger partial charge in [0, 0.05) is 29.4 Å². The summed E-state index contributed by atoms with van der Waals surface area (Å²) in [6.07, 6.45) is 3.11. The number of benzene rings is 1. The second-order valence-electron chi connectivity index (χ2n) is 5.64. The van der Waals surface area contributed by atoms with Crippen molar-refractivity contribution in [2.24, 2.45) is 0 Å². The zero-order valence-electron chi connectivity index (χ0n) is 13.0. The molecule has 1 saturated heterocycles. The van der Waals surface area contributed by atoms with Gasteiger partial charge < -0.3 is 9.64 Å². The van der Waals surface area contributed by atoms with E-state index in [1.807, 2.05) is 0 Å². The molecule has 5 nitrogen and oxygen atoms in total. The Labute approximate surface area is 145 Å². The van der Waals surface area contributed by atoms with E-state index in [9.17, 15) is 4.79 Å². The van der Waals surface area contributed by atoms with Gasteiger partial charge in [-0.05, 0) is 37.1 Å². The summed E-state index contributed by atoms with van der Waals surface area (Å²) in [7, 11) is 0. The van der Waals surface area contributed by atoms with Crippen molar-refractivity contribution in [1.82, 2.24) is 9.88 Å². The summed E-state index contributed by atoms with van der Waals surface area (Å²) < 4.78 is 5.86. The molecule has 1 aromatic carbocycles. The van der Waals surface area contributed by atoms with Crippen LogP contribution in [0, 0.1) is 11.3 Å². The van der Waals surface area contributed by atoms with Crippen molar-refractivity contribution in [3.05, 3.63) is 58.7 Å². The molecule has 0 saturated carbocycles. The molecule has 6 heteroatoms. The van der Waals surface area contributed by atoms with E-state index in [2.05, 4.69) is 11.1 Å². The lowest BCUT2D eigenvalue weighted by Crippen LogP contribution is -2.44. The number of amides is 1. The highest BCUT2D eigenvalue weighted by molar-refractivity contribution is 6.30. The third-order valence-corrected chi connectivity index (χ3v) is 4.12. The molecule has 1 unspecified atom stereocenters. The molecule has 0 spiro atoms. The Morgan fingerprint density at radius 3 is 3.04 bits per heavy atom. The van der Waals surface area contributed by atoms with Crippen LogP contribution >= 0.6 is 11.6 Å². The number of hydrogen-bond acceptors (Lipinski definition) is 4. The number of carbonyl (C=O) groups is 1. The Bertz CT molecular complexity index is 788. The Morgan fingerprint density at radius 2 is 2.25 bits per heavy atom. The van der Waals surface area contributed by atoms with Crippen LogP contribution in [-0.4, -0.2) is 35.0 Å². The van der Waals surface area contributed by atoms with Gasteiger partial charge in [0.05, 0.1) is 18.2 Å². The van der Waals surface area contributed by atoms with Crippen LogP contribution in [-0.2, 0) is 0 Å². The number of likely N-dealkylation sites (tertiary alicyclic amines) is 1. The van der Waals surface area contributed by atoms with Gasteiger partial charge in [0.25, 0.3) is 5.91 Å². The van der Waals surface area contributed by atoms with Crippen LogP contribution in [0.4, 0.5) is 0 Å². The van der Waals surface area contributed by atoms with E-state index >= 15 is 0 Å². The van der Waals surface area contributed by atoms with Gasteiger partial charge in [0.15, 0.2) is 0 Å². The highest BCUT2D eigenvalue weighted by Crippen LogP contribution is 2.20. The lowest BCUT2D eigenvalue weighted by molar-refractivity contribution is 0.0527. The molecule has 2 aromatic rings. The second kappa shape index (κ2) is 7.33. The molecule has 2 heterocycles. The van der Waals surface area contributed by atoms with Gasteiger partial charge in [-0.2, -0.15) is 5.26 Å². The van der Waals surface area contributed by atoms with Crippen LogP contribution in [0.3, 0.4) is 0 Å². The van der Waals surface area contributed by atoms with Gasteiger partial charge in [-0.1, -0.05) is 17.7 Å². The van der Waals surface area contributed by atoms with Crippen molar-refractivity contribution in [3.63, 3.8) is 0 Å². The third-order valence-electron chi connectivity index (χ3n) is 3.89. The maximum Gasteiger partial charge on any atom is 0.254 e. The zero-order valence-corrected chi connectivity index (χ0v) is 13.7. The smallest absolute Gasteiger partial charge is 0.254 e. The lowest BCUT2D eigenvalue weighted by Gasteiger charge is -2.32. The van der Waals surface area contributed by atoms with Crippen LogP contribution < -0.4 is 4.74 Å². The zero-order chi connectivity index (χ0) is 16.9. The van der Waals surface area contributed by atoms with Crippen molar-refractivity contribution < 1.29 is 9.53 Å². The molecule has 0 aliphatic carbocycles. The van der Waals surface area contributed by atoms with Gasteiger partial charge in [-0.15, -0.1) is 0 Å². The summed E-state index contributed by atoms with van der Waals surface area (Å²) in [5.74, 6) is 0.362. The second-order valence-corrected chi connectivity index (χ2v) is 6.07. The van der Waals surface area contributed by atoms with E-state index in [4.69, 9.17) is 21.6 Å². The number of nitrogens with zero attached hydrogens (tertiary/aromatic N) is 3. The summed E-state index contributed by atoms with van der Waals surface area (Å²) in [4.78, 5) is 18.5. The van der Waals surface area contributed by atoms with Crippen molar-refractivity contribution in [1.29, 1.82) is 5.26 Å². The van der Waals surface area contributed by atoms with E-state index in [0.717, 1.165) is 12.8 Å². The van der Waals surface area contributed by atoms with Crippen LogP contribution in [0.15, 0.2) is 42.6 Å². The molecule has 1 aromatic heterocycles. The fraction of sp³-hybridized carbons (Fsp3) is 0.278. The molecular formula is C18H16ClN3O2. The maximum absolute atomic E-state index is 12.6. The minimum absolute atomic E-state index is 0.0514. The predicted molar refractivity (Wildman–Crippen MR) is 90.0 cm³/mol. The summed E-state index contributed by atoms with van der Waals surface area (Å²) in [6, 6.07) is 12.2. The SMILES string of the molecule is N#Cc1ccnc(OC2CCCN(C(=O)c3cccc(Cl)c3)C2)c1. The van der Waals surface area contributed by atoms with E-state index in [-0.39, 0.29) is 12.0 Å². The van der Waals surface area contributed by atoms with E-state index in [0.29, 0.717) is 35.1 Å². The van der Waals surface area contributed by atoms with E-state index in [1.165, 1.54) is 0 Å². The molecular weight excluding hydrogens is 326 g/mol. The number of piperidine rings is 1. The van der Waals surface area contributed by atoms with Crippen molar-refractivity contribution in [3.8, 4) is 11.9 Å². The summed E-state index contributed by atoms with van der Waals surface area (Å²) in [6.45, 7) is 1.18. The Balaban J connectivity index is 1.68. The number of hydrogen-bond donors (Lipinski definition) is 0. The quantitative estimate of drug-likeness (QED) is 0.859. The monoisotopic (exact) mass is 341 g/mol. The summed E-state index contributed by atoms with van der Waals surface area (Å²) in [5, 5.41) is 9.48. The lowest BCUT2D eigenvalue weighted by atomic mass is 10.1. The molecule has 1 amide bonds. The molecule has 122 valence electrons. The largest absolute Gasteiger partial charge is 0.472 e. The molecule has 1 aliphatic heterocycles. The van der Waals surface area contributed by atoms with E-state index < -0.39 is 0 Å². The molecule has 0 N–H and O–H groups in total. The number of nitriles is 1. The Morgan fingerprint density at radius 1 is 1.38 bits per heavy atom. The molecule has 1 atom stereocenters. The molecule has 1 aliphatic rings. The standard InChI is InChI=1S/C18H16ClN3O2/c19-15-4-1-3-14(10-15)18(23)22-8-2-5-16(12-22)24-17-9-13(11-20)6-7-21-17/h1,3-4,6-7,9-10,16H,2,5,8,12H2. The minimum atomic E-state index is -0.136. The highest BCUT2D eigenvalue weighted by atomic mass is 35.5. The average Bonchev–Trinajstić information content (AvgIpc) is 2.61. The van der Waals surface area contributed by atoms with E-state index in [1.54, 1.807) is 47.5 Å². The number of aromatic nitrogens is 1. The van der Waals surface area contributed by atoms with Crippen molar-refractivity contribution >= 4 is 17.5 Å². The first kappa shape index (κ1) is 16.3. The minimum Gasteiger partial charge on any atom is -0.472 e. The van der Waals surface area contributed by atoms with Gasteiger partial charge in [-0.25, -0.2) is 4.98 Å². The first-order chi connectivity index (χ1) is 11.7. The van der Waals surface area contributed by atoms with Crippen LogP contribution in [0.5, 0.6) is 5.88 Å². The van der Waals surface area contributed by atoms with Gasteiger partial charge in [-0.3, -0.25) is 4.79 Å². The van der Waals surface area contributed by atoms with Gasteiger partial charge >= 0.3 is 0 Å². The first-order valence-electron chi connectivity index (χ1n) is 7.73. The normalized spacial score (nSPS) is 17.2. The number of ether oxygens (including phenoxy) is 1. The molecule has 1 fully saturated rings. The molecule has 3 rings (SSSR count). The van der Waals surface area contributed by atoms with Crippen molar-refractivity contribution in [2.75, 3.05) is 13.1 Å².